The Hall–Kier alpha value is -0.610. The molecule has 0 saturated carbocycles. The second-order valence-corrected chi connectivity index (χ2v) is 4.24. The topological polar surface area (TPSA) is 47.6 Å². The number of hydrogen-bond acceptors (Lipinski definition) is 4. The summed E-state index contributed by atoms with van der Waals surface area (Å²) < 4.78 is 10.1. The van der Waals surface area contributed by atoms with Gasteiger partial charge in [0.05, 0.1) is 13.7 Å². The summed E-state index contributed by atoms with van der Waals surface area (Å²) in [6.45, 7) is 8.16. The van der Waals surface area contributed by atoms with E-state index in [1.165, 1.54) is 7.11 Å². The molecule has 1 unspecified atom stereocenters. The molecule has 96 valence electrons. The van der Waals surface area contributed by atoms with Crippen molar-refractivity contribution in [3.05, 3.63) is 0 Å². The summed E-state index contributed by atoms with van der Waals surface area (Å²) >= 11 is 0. The lowest BCUT2D eigenvalue weighted by molar-refractivity contribution is -0.144. The zero-order valence-corrected chi connectivity index (χ0v) is 10.9. The Kier molecular flexibility index (Phi) is 9.24. The largest absolute Gasteiger partial charge is 0.468 e. The van der Waals surface area contributed by atoms with Gasteiger partial charge in [0.1, 0.15) is 6.04 Å². The van der Waals surface area contributed by atoms with Gasteiger partial charge in [0, 0.05) is 6.61 Å². The summed E-state index contributed by atoms with van der Waals surface area (Å²) in [5.74, 6) is 0.444. The maximum Gasteiger partial charge on any atom is 0.325 e. The van der Waals surface area contributed by atoms with Crippen LogP contribution in [-0.4, -0.2) is 38.9 Å². The summed E-state index contributed by atoms with van der Waals surface area (Å²) in [5.41, 5.74) is 0. The predicted molar refractivity (Wildman–Crippen MR) is 64.4 cm³/mol. The number of likely N-dealkylation sites (N-methyl/N-ethyl adjacent to an activating group) is 1. The van der Waals surface area contributed by atoms with Crippen LogP contribution < -0.4 is 5.32 Å². The van der Waals surface area contributed by atoms with Gasteiger partial charge in [-0.2, -0.15) is 0 Å². The molecule has 0 fully saturated rings. The zero-order valence-electron chi connectivity index (χ0n) is 10.9. The van der Waals surface area contributed by atoms with Crippen molar-refractivity contribution < 1.29 is 14.3 Å². The Labute approximate surface area is 98.7 Å². The van der Waals surface area contributed by atoms with E-state index < -0.39 is 0 Å². The van der Waals surface area contributed by atoms with Crippen molar-refractivity contribution in [1.29, 1.82) is 0 Å². The standard InChI is InChI=1S/C12H25NO3/c1-5-13-11(12(14)15-4)9-16-8-6-7-10(2)3/h10-11,13H,5-9H2,1-4H3. The molecule has 0 aliphatic heterocycles. The molecule has 0 radical (unpaired) electrons. The van der Waals surface area contributed by atoms with Crippen LogP contribution in [0.2, 0.25) is 0 Å². The molecule has 0 heterocycles. The van der Waals surface area contributed by atoms with Gasteiger partial charge < -0.3 is 14.8 Å². The third-order valence-corrected chi connectivity index (χ3v) is 2.29. The van der Waals surface area contributed by atoms with Crippen molar-refractivity contribution in [2.75, 3.05) is 26.9 Å². The van der Waals surface area contributed by atoms with Crippen LogP contribution in [0.1, 0.15) is 33.6 Å². The Morgan fingerprint density at radius 2 is 2.06 bits per heavy atom. The van der Waals surface area contributed by atoms with Crippen LogP contribution in [0.25, 0.3) is 0 Å². The molecule has 0 aliphatic carbocycles. The summed E-state index contributed by atoms with van der Waals surface area (Å²) in [7, 11) is 1.39. The minimum absolute atomic E-state index is 0.259. The van der Waals surface area contributed by atoms with E-state index in [4.69, 9.17) is 4.74 Å². The second-order valence-electron chi connectivity index (χ2n) is 4.24. The zero-order chi connectivity index (χ0) is 12.4. The lowest BCUT2D eigenvalue weighted by Gasteiger charge is -2.15. The highest BCUT2D eigenvalue weighted by molar-refractivity contribution is 5.75. The molecule has 1 N–H and O–H groups in total. The Balaban J connectivity index is 3.64. The highest BCUT2D eigenvalue weighted by Crippen LogP contribution is 2.03. The molecular weight excluding hydrogens is 206 g/mol. The van der Waals surface area contributed by atoms with E-state index in [-0.39, 0.29) is 12.0 Å². The fraction of sp³-hybridized carbons (Fsp3) is 0.917. The van der Waals surface area contributed by atoms with Gasteiger partial charge in [-0.15, -0.1) is 0 Å². The van der Waals surface area contributed by atoms with Crippen molar-refractivity contribution in [3.8, 4) is 0 Å². The molecule has 0 aromatic carbocycles. The van der Waals surface area contributed by atoms with Crippen LogP contribution in [0, 0.1) is 5.92 Å². The maximum atomic E-state index is 11.3. The lowest BCUT2D eigenvalue weighted by Crippen LogP contribution is -2.41. The normalized spacial score (nSPS) is 12.8. The molecule has 0 saturated heterocycles. The number of methoxy groups -OCH3 is 1. The molecule has 0 bridgehead atoms. The number of ether oxygens (including phenoxy) is 2. The van der Waals surface area contributed by atoms with E-state index in [2.05, 4.69) is 23.9 Å². The van der Waals surface area contributed by atoms with Crippen molar-refractivity contribution >= 4 is 5.97 Å². The van der Waals surface area contributed by atoms with E-state index in [0.717, 1.165) is 19.4 Å². The van der Waals surface area contributed by atoms with Crippen LogP contribution in [-0.2, 0) is 14.3 Å². The van der Waals surface area contributed by atoms with Gasteiger partial charge >= 0.3 is 5.97 Å². The van der Waals surface area contributed by atoms with Crippen LogP contribution in [0.4, 0.5) is 0 Å². The van der Waals surface area contributed by atoms with Gasteiger partial charge in [-0.25, -0.2) is 0 Å². The van der Waals surface area contributed by atoms with Gasteiger partial charge in [0.25, 0.3) is 0 Å². The number of nitrogens with one attached hydrogen (secondary N) is 1. The maximum absolute atomic E-state index is 11.3. The highest BCUT2D eigenvalue weighted by Gasteiger charge is 2.17. The minimum Gasteiger partial charge on any atom is -0.468 e. The molecule has 4 nitrogen and oxygen atoms in total. The third kappa shape index (κ3) is 7.65. The smallest absolute Gasteiger partial charge is 0.325 e. The second kappa shape index (κ2) is 9.60. The number of carbonyl (C=O) groups is 1. The Morgan fingerprint density at radius 1 is 1.38 bits per heavy atom. The number of hydrogen-bond donors (Lipinski definition) is 1. The fourth-order valence-corrected chi connectivity index (χ4v) is 1.39. The van der Waals surface area contributed by atoms with Crippen molar-refractivity contribution in [3.63, 3.8) is 0 Å². The van der Waals surface area contributed by atoms with Crippen LogP contribution in [0.15, 0.2) is 0 Å². The number of esters is 1. The van der Waals surface area contributed by atoms with Crippen molar-refractivity contribution in [1.82, 2.24) is 5.32 Å². The Morgan fingerprint density at radius 3 is 2.56 bits per heavy atom. The first-order valence-electron chi connectivity index (χ1n) is 6.00. The monoisotopic (exact) mass is 231 g/mol. The van der Waals surface area contributed by atoms with Gasteiger partial charge in [-0.3, -0.25) is 4.79 Å². The van der Waals surface area contributed by atoms with Crippen LogP contribution in [0.3, 0.4) is 0 Å². The van der Waals surface area contributed by atoms with Crippen LogP contribution in [0.5, 0.6) is 0 Å². The molecule has 0 aliphatic rings. The van der Waals surface area contributed by atoms with E-state index in [1.807, 2.05) is 6.92 Å². The summed E-state index contributed by atoms with van der Waals surface area (Å²) in [6.07, 6.45) is 2.20. The minimum atomic E-state index is -0.339. The first-order valence-corrected chi connectivity index (χ1v) is 6.00. The molecule has 0 aromatic heterocycles. The molecule has 4 heteroatoms. The number of carbonyl (C=O) groups excluding carboxylic acids is 1. The molecular formula is C12H25NO3. The molecule has 0 aromatic rings. The summed E-state index contributed by atoms with van der Waals surface area (Å²) in [5, 5.41) is 3.03. The van der Waals surface area contributed by atoms with Crippen molar-refractivity contribution in [2.45, 2.75) is 39.7 Å². The molecule has 0 rings (SSSR count). The fourth-order valence-electron chi connectivity index (χ4n) is 1.39. The summed E-state index contributed by atoms with van der Waals surface area (Å²) in [4.78, 5) is 11.3. The van der Waals surface area contributed by atoms with Crippen LogP contribution >= 0.6 is 0 Å². The predicted octanol–water partition coefficient (Wildman–Crippen LogP) is 1.59. The average molecular weight is 231 g/mol. The highest BCUT2D eigenvalue weighted by atomic mass is 16.5. The average Bonchev–Trinajstić information content (AvgIpc) is 2.25. The molecule has 16 heavy (non-hydrogen) atoms. The molecule has 0 amide bonds. The Bertz CT molecular complexity index is 183. The van der Waals surface area contributed by atoms with E-state index in [9.17, 15) is 4.79 Å². The van der Waals surface area contributed by atoms with Gasteiger partial charge in [-0.05, 0) is 25.3 Å². The summed E-state index contributed by atoms with van der Waals surface area (Å²) in [6, 6.07) is -0.339. The third-order valence-electron chi connectivity index (χ3n) is 2.29. The quantitative estimate of drug-likeness (QED) is 0.483. The van der Waals surface area contributed by atoms with E-state index >= 15 is 0 Å². The van der Waals surface area contributed by atoms with Gasteiger partial charge in [-0.1, -0.05) is 20.8 Å². The lowest BCUT2D eigenvalue weighted by atomic mass is 10.1. The van der Waals surface area contributed by atoms with Gasteiger partial charge in [0.15, 0.2) is 0 Å². The van der Waals surface area contributed by atoms with E-state index in [0.29, 0.717) is 19.1 Å². The first-order chi connectivity index (χ1) is 7.61. The SMILES string of the molecule is CCNC(COCCCC(C)C)C(=O)OC. The number of rotatable bonds is 9. The van der Waals surface area contributed by atoms with E-state index in [1.54, 1.807) is 0 Å². The molecule has 0 spiro atoms. The first kappa shape index (κ1) is 15.4. The van der Waals surface area contributed by atoms with Crippen molar-refractivity contribution in [2.24, 2.45) is 5.92 Å². The van der Waals surface area contributed by atoms with Gasteiger partial charge in [0.2, 0.25) is 0 Å². The molecule has 1 atom stereocenters.